The average Bonchev–Trinajstić information content (AvgIpc) is 2.03. The molecule has 13 heavy (non-hydrogen) atoms. The molecular formula is C9H14BNO2. The minimum Gasteiger partial charge on any atom is -0.423 e. The van der Waals surface area contributed by atoms with Gasteiger partial charge in [-0.15, -0.1) is 0 Å². The van der Waals surface area contributed by atoms with Crippen molar-refractivity contribution in [2.24, 2.45) is 0 Å². The van der Waals surface area contributed by atoms with Gasteiger partial charge in [-0.25, -0.2) is 0 Å². The van der Waals surface area contributed by atoms with E-state index in [1.54, 1.807) is 18.5 Å². The molecule has 0 aliphatic carbocycles. The van der Waals surface area contributed by atoms with Gasteiger partial charge in [0, 0.05) is 12.4 Å². The van der Waals surface area contributed by atoms with Crippen LogP contribution in [0.3, 0.4) is 0 Å². The predicted octanol–water partition coefficient (Wildman–Crippen LogP) is 0.0589. The zero-order valence-corrected chi connectivity index (χ0v) is 8.15. The van der Waals surface area contributed by atoms with Crippen LogP contribution in [0.1, 0.15) is 26.3 Å². The Bertz CT molecular complexity index is 294. The molecule has 0 unspecified atom stereocenters. The third-order valence-electron chi connectivity index (χ3n) is 1.94. The van der Waals surface area contributed by atoms with Crippen LogP contribution in [0.2, 0.25) is 0 Å². The van der Waals surface area contributed by atoms with Crippen LogP contribution in [-0.4, -0.2) is 22.2 Å². The Morgan fingerprint density at radius 2 is 1.92 bits per heavy atom. The van der Waals surface area contributed by atoms with Crippen molar-refractivity contribution >= 4 is 12.6 Å². The van der Waals surface area contributed by atoms with Gasteiger partial charge < -0.3 is 10.0 Å². The molecule has 4 heteroatoms. The van der Waals surface area contributed by atoms with Gasteiger partial charge in [-0.3, -0.25) is 4.98 Å². The number of pyridine rings is 1. The highest BCUT2D eigenvalue weighted by Gasteiger charge is 2.23. The van der Waals surface area contributed by atoms with E-state index < -0.39 is 7.12 Å². The summed E-state index contributed by atoms with van der Waals surface area (Å²) in [6.07, 6.45) is 3.23. The second-order valence-electron chi connectivity index (χ2n) is 4.09. The standard InChI is InChI=1S/C9H14BNO2/c1-9(2,3)7-6-11-5-4-8(7)10(12)13/h4-6,12-13H,1-3H3. The third-order valence-corrected chi connectivity index (χ3v) is 1.94. The Labute approximate surface area is 78.6 Å². The molecular weight excluding hydrogens is 165 g/mol. The zero-order chi connectivity index (χ0) is 10.1. The minimum atomic E-state index is -1.42. The average molecular weight is 179 g/mol. The Morgan fingerprint density at radius 3 is 2.31 bits per heavy atom. The van der Waals surface area contributed by atoms with Crippen LogP contribution in [0.15, 0.2) is 18.5 Å². The maximum atomic E-state index is 9.10. The monoisotopic (exact) mass is 179 g/mol. The van der Waals surface area contributed by atoms with Crippen LogP contribution in [0.4, 0.5) is 0 Å². The minimum absolute atomic E-state index is 0.118. The molecule has 0 aliphatic rings. The summed E-state index contributed by atoms with van der Waals surface area (Å²) in [5.74, 6) is 0. The number of rotatable bonds is 1. The third kappa shape index (κ3) is 2.29. The summed E-state index contributed by atoms with van der Waals surface area (Å²) in [5.41, 5.74) is 1.28. The molecule has 2 N–H and O–H groups in total. The van der Waals surface area contributed by atoms with Crippen LogP contribution in [0.25, 0.3) is 0 Å². The lowest BCUT2D eigenvalue weighted by Crippen LogP contribution is -2.37. The first-order valence-electron chi connectivity index (χ1n) is 4.23. The first-order valence-corrected chi connectivity index (χ1v) is 4.23. The van der Waals surface area contributed by atoms with Crippen molar-refractivity contribution in [3.63, 3.8) is 0 Å². The highest BCUT2D eigenvalue weighted by molar-refractivity contribution is 6.59. The van der Waals surface area contributed by atoms with Crippen molar-refractivity contribution < 1.29 is 10.0 Å². The lowest BCUT2D eigenvalue weighted by atomic mass is 9.71. The van der Waals surface area contributed by atoms with Crippen molar-refractivity contribution in [2.75, 3.05) is 0 Å². The first-order chi connectivity index (χ1) is 5.93. The summed E-state index contributed by atoms with van der Waals surface area (Å²) in [6, 6.07) is 1.63. The first kappa shape index (κ1) is 10.2. The van der Waals surface area contributed by atoms with Gasteiger partial charge in [0.25, 0.3) is 0 Å². The number of hydrogen-bond acceptors (Lipinski definition) is 3. The summed E-state index contributed by atoms with van der Waals surface area (Å²) in [5, 5.41) is 18.2. The fraction of sp³-hybridized carbons (Fsp3) is 0.444. The number of hydrogen-bond donors (Lipinski definition) is 2. The van der Waals surface area contributed by atoms with Gasteiger partial charge >= 0.3 is 7.12 Å². The van der Waals surface area contributed by atoms with Crippen LogP contribution in [0, 0.1) is 0 Å². The van der Waals surface area contributed by atoms with Crippen molar-refractivity contribution in [2.45, 2.75) is 26.2 Å². The maximum Gasteiger partial charge on any atom is 0.488 e. The van der Waals surface area contributed by atoms with Crippen molar-refractivity contribution in [1.29, 1.82) is 0 Å². The van der Waals surface area contributed by atoms with E-state index in [1.165, 1.54) is 0 Å². The molecule has 0 amide bonds. The molecule has 0 bridgehead atoms. The van der Waals surface area contributed by atoms with E-state index in [0.717, 1.165) is 5.56 Å². The molecule has 1 rings (SSSR count). The lowest BCUT2D eigenvalue weighted by Gasteiger charge is -2.21. The van der Waals surface area contributed by atoms with Crippen LogP contribution in [0.5, 0.6) is 0 Å². The summed E-state index contributed by atoms with van der Waals surface area (Å²) in [6.45, 7) is 6.03. The Hall–Kier alpha value is -0.865. The quantitative estimate of drug-likeness (QED) is 0.599. The summed E-state index contributed by atoms with van der Waals surface area (Å²) in [4.78, 5) is 3.97. The van der Waals surface area contributed by atoms with E-state index in [9.17, 15) is 0 Å². The molecule has 0 saturated carbocycles. The van der Waals surface area contributed by atoms with Gasteiger partial charge in [0.1, 0.15) is 0 Å². The Morgan fingerprint density at radius 1 is 1.31 bits per heavy atom. The van der Waals surface area contributed by atoms with Crippen LogP contribution >= 0.6 is 0 Å². The fourth-order valence-electron chi connectivity index (χ4n) is 1.26. The number of aromatic nitrogens is 1. The van der Waals surface area contributed by atoms with E-state index in [2.05, 4.69) is 4.98 Å². The Balaban J connectivity index is 3.20. The van der Waals surface area contributed by atoms with E-state index >= 15 is 0 Å². The fourth-order valence-corrected chi connectivity index (χ4v) is 1.26. The molecule has 3 nitrogen and oxygen atoms in total. The summed E-state index contributed by atoms with van der Waals surface area (Å²) in [7, 11) is -1.42. The molecule has 0 aromatic carbocycles. The van der Waals surface area contributed by atoms with E-state index in [1.807, 2.05) is 20.8 Å². The van der Waals surface area contributed by atoms with Gasteiger partial charge in [0.05, 0.1) is 0 Å². The summed E-state index contributed by atoms with van der Waals surface area (Å²) >= 11 is 0. The molecule has 1 heterocycles. The van der Waals surface area contributed by atoms with E-state index in [-0.39, 0.29) is 5.41 Å². The predicted molar refractivity (Wildman–Crippen MR) is 52.8 cm³/mol. The second kappa shape index (κ2) is 3.48. The lowest BCUT2D eigenvalue weighted by molar-refractivity contribution is 0.424. The van der Waals surface area contributed by atoms with E-state index in [4.69, 9.17) is 10.0 Å². The number of nitrogens with zero attached hydrogens (tertiary/aromatic N) is 1. The highest BCUT2D eigenvalue weighted by atomic mass is 16.4. The molecule has 0 atom stereocenters. The second-order valence-corrected chi connectivity index (χ2v) is 4.09. The normalized spacial score (nSPS) is 11.5. The van der Waals surface area contributed by atoms with Crippen molar-refractivity contribution in [3.8, 4) is 0 Å². The maximum absolute atomic E-state index is 9.10. The van der Waals surface area contributed by atoms with Crippen molar-refractivity contribution in [1.82, 2.24) is 4.98 Å². The molecule has 1 aromatic heterocycles. The molecule has 0 fully saturated rings. The van der Waals surface area contributed by atoms with Gasteiger partial charge in [-0.1, -0.05) is 20.8 Å². The summed E-state index contributed by atoms with van der Waals surface area (Å²) < 4.78 is 0. The van der Waals surface area contributed by atoms with Crippen LogP contribution < -0.4 is 5.46 Å². The molecule has 70 valence electrons. The smallest absolute Gasteiger partial charge is 0.423 e. The molecule has 0 saturated heterocycles. The van der Waals surface area contributed by atoms with Gasteiger partial charge in [0.15, 0.2) is 0 Å². The molecule has 0 radical (unpaired) electrons. The van der Waals surface area contributed by atoms with Crippen LogP contribution in [-0.2, 0) is 5.41 Å². The topological polar surface area (TPSA) is 53.4 Å². The zero-order valence-electron chi connectivity index (χ0n) is 8.15. The largest absolute Gasteiger partial charge is 0.488 e. The molecule has 0 aliphatic heterocycles. The molecule has 0 spiro atoms. The highest BCUT2D eigenvalue weighted by Crippen LogP contribution is 2.19. The van der Waals surface area contributed by atoms with Crippen molar-refractivity contribution in [3.05, 3.63) is 24.0 Å². The molecule has 1 aromatic rings. The van der Waals surface area contributed by atoms with Gasteiger partial charge in [0.2, 0.25) is 0 Å². The van der Waals surface area contributed by atoms with E-state index in [0.29, 0.717) is 5.46 Å². The SMILES string of the molecule is CC(C)(C)c1cnccc1B(O)O. The Kier molecular flexibility index (Phi) is 2.73. The van der Waals surface area contributed by atoms with Gasteiger partial charge in [-0.2, -0.15) is 0 Å². The van der Waals surface area contributed by atoms with Gasteiger partial charge in [-0.05, 0) is 22.5 Å².